The number of hydrogen-bond acceptors (Lipinski definition) is 8. The fraction of sp³-hybridized carbons (Fsp3) is 0.167. The Labute approximate surface area is 229 Å². The van der Waals surface area contributed by atoms with E-state index in [4.69, 9.17) is 14.5 Å². The summed E-state index contributed by atoms with van der Waals surface area (Å²) < 4.78 is 12.4. The Bertz CT molecular complexity index is 1680. The van der Waals surface area contributed by atoms with Crippen molar-refractivity contribution < 1.29 is 19.7 Å². The van der Waals surface area contributed by atoms with E-state index in [1.54, 1.807) is 7.11 Å². The van der Waals surface area contributed by atoms with Crippen molar-refractivity contribution in [1.82, 2.24) is 19.5 Å². The Balaban J connectivity index is 1.56. The van der Waals surface area contributed by atoms with Gasteiger partial charge in [0.25, 0.3) is 5.56 Å². The zero-order valence-electron chi connectivity index (χ0n) is 21.6. The summed E-state index contributed by atoms with van der Waals surface area (Å²) in [5.41, 5.74) is 1.42. The van der Waals surface area contributed by atoms with Crippen LogP contribution >= 0.6 is 0 Å². The van der Waals surface area contributed by atoms with E-state index in [1.807, 2.05) is 84.9 Å². The molecule has 5 aromatic rings. The van der Waals surface area contributed by atoms with Crippen LogP contribution in [-0.2, 0) is 10.3 Å². The molecule has 0 radical (unpaired) electrons. The van der Waals surface area contributed by atoms with Crippen LogP contribution in [0.1, 0.15) is 22.9 Å². The number of rotatable bonds is 7. The quantitative estimate of drug-likeness (QED) is 0.232. The predicted molar refractivity (Wildman–Crippen MR) is 149 cm³/mol. The average Bonchev–Trinajstić information content (AvgIpc) is 3.53. The number of nitrogens with zero attached hydrogens (tertiary/aromatic N) is 3. The van der Waals surface area contributed by atoms with E-state index in [0.29, 0.717) is 5.75 Å². The molecule has 3 heterocycles. The van der Waals surface area contributed by atoms with Crippen LogP contribution in [0.3, 0.4) is 0 Å². The molecule has 0 amide bonds. The zero-order valence-corrected chi connectivity index (χ0v) is 21.6. The van der Waals surface area contributed by atoms with Crippen molar-refractivity contribution in [3.05, 3.63) is 131 Å². The maximum atomic E-state index is 13.2. The summed E-state index contributed by atoms with van der Waals surface area (Å²) in [7, 11) is 1.61. The van der Waals surface area contributed by atoms with Gasteiger partial charge in [-0.2, -0.15) is 4.98 Å². The maximum absolute atomic E-state index is 13.2. The molecule has 10 heteroatoms. The molecule has 2 aromatic heterocycles. The van der Waals surface area contributed by atoms with Gasteiger partial charge in [0.15, 0.2) is 11.2 Å². The Morgan fingerprint density at radius 1 is 0.975 bits per heavy atom. The first-order chi connectivity index (χ1) is 19.4. The number of ether oxygens (including phenoxy) is 2. The van der Waals surface area contributed by atoms with E-state index in [-0.39, 0.29) is 22.9 Å². The molecule has 0 bridgehead atoms. The highest BCUT2D eigenvalue weighted by atomic mass is 16.5. The minimum Gasteiger partial charge on any atom is -0.497 e. The molecule has 1 aliphatic rings. The van der Waals surface area contributed by atoms with Gasteiger partial charge in [-0.05, 0) is 28.8 Å². The number of aromatic nitrogens is 4. The van der Waals surface area contributed by atoms with Gasteiger partial charge in [0.1, 0.15) is 35.6 Å². The van der Waals surface area contributed by atoms with Gasteiger partial charge in [-0.25, -0.2) is 4.98 Å². The fourth-order valence-electron chi connectivity index (χ4n) is 5.15. The molecule has 0 unspecified atom stereocenters. The summed E-state index contributed by atoms with van der Waals surface area (Å²) in [6, 6.07) is 27.3. The van der Waals surface area contributed by atoms with Crippen molar-refractivity contribution in [2.24, 2.45) is 0 Å². The highest BCUT2D eigenvalue weighted by Gasteiger charge is 2.41. The number of fused-ring (bicyclic) bond motifs is 1. The van der Waals surface area contributed by atoms with Crippen LogP contribution in [0.2, 0.25) is 0 Å². The lowest BCUT2D eigenvalue weighted by atomic mass is 9.77. The van der Waals surface area contributed by atoms with Crippen LogP contribution in [0, 0.1) is 0 Å². The van der Waals surface area contributed by atoms with Gasteiger partial charge >= 0.3 is 0 Å². The molecule has 0 spiro atoms. The molecular weight excluding hydrogens is 510 g/mol. The molecular formula is C30H27N5O5. The van der Waals surface area contributed by atoms with Crippen molar-refractivity contribution in [3.63, 3.8) is 0 Å². The summed E-state index contributed by atoms with van der Waals surface area (Å²) in [6.45, 7) is 3.65. The number of methoxy groups -OCH3 is 1. The topological polar surface area (TPSA) is 135 Å². The number of benzene rings is 3. The Morgan fingerprint density at radius 3 is 2.12 bits per heavy atom. The van der Waals surface area contributed by atoms with Gasteiger partial charge in [0.2, 0.25) is 12.2 Å². The Hall–Kier alpha value is -4.93. The highest BCUT2D eigenvalue weighted by molar-refractivity contribution is 5.71. The molecule has 1 fully saturated rings. The first-order valence-electron chi connectivity index (χ1n) is 12.6. The van der Waals surface area contributed by atoms with Crippen molar-refractivity contribution in [2.75, 3.05) is 12.4 Å². The van der Waals surface area contributed by atoms with Gasteiger partial charge in [0.05, 0.1) is 7.11 Å². The number of nitrogens with one attached hydrogen (secondary N) is 2. The van der Waals surface area contributed by atoms with Crippen molar-refractivity contribution in [1.29, 1.82) is 0 Å². The maximum Gasteiger partial charge on any atom is 0.280 e. The van der Waals surface area contributed by atoms with Gasteiger partial charge in [-0.1, -0.05) is 79.4 Å². The number of aliphatic hydroxyl groups is 2. The summed E-state index contributed by atoms with van der Waals surface area (Å²) >= 11 is 0. The number of anilines is 1. The Kier molecular flexibility index (Phi) is 6.33. The highest BCUT2D eigenvalue weighted by Crippen LogP contribution is 2.40. The number of aromatic amines is 1. The van der Waals surface area contributed by atoms with Crippen molar-refractivity contribution >= 4 is 17.1 Å². The molecule has 40 heavy (non-hydrogen) atoms. The van der Waals surface area contributed by atoms with E-state index in [1.165, 1.54) is 10.9 Å². The third kappa shape index (κ3) is 4.10. The van der Waals surface area contributed by atoms with E-state index in [0.717, 1.165) is 16.7 Å². The average molecular weight is 538 g/mol. The molecule has 202 valence electrons. The predicted octanol–water partition coefficient (Wildman–Crippen LogP) is 3.30. The Morgan fingerprint density at radius 2 is 1.57 bits per heavy atom. The van der Waals surface area contributed by atoms with Gasteiger partial charge < -0.3 is 25.0 Å². The number of aliphatic hydroxyl groups excluding tert-OH is 2. The van der Waals surface area contributed by atoms with Crippen LogP contribution in [0.15, 0.2) is 108 Å². The monoisotopic (exact) mass is 537 g/mol. The second-order valence-corrected chi connectivity index (χ2v) is 9.48. The number of H-pyrrole nitrogens is 1. The summed E-state index contributed by atoms with van der Waals surface area (Å²) in [6.07, 6.45) is -2.29. The molecule has 0 aliphatic carbocycles. The lowest BCUT2D eigenvalue weighted by Gasteiger charge is -2.37. The molecule has 3 aromatic carbocycles. The molecule has 1 saturated heterocycles. The van der Waals surface area contributed by atoms with Crippen molar-refractivity contribution in [2.45, 2.75) is 24.0 Å². The third-order valence-corrected chi connectivity index (χ3v) is 7.17. The molecule has 6 rings (SSSR count). The van der Waals surface area contributed by atoms with E-state index in [9.17, 15) is 15.0 Å². The van der Waals surface area contributed by atoms with E-state index >= 15 is 0 Å². The van der Waals surface area contributed by atoms with Crippen molar-refractivity contribution in [3.8, 4) is 5.75 Å². The lowest BCUT2D eigenvalue weighted by Crippen LogP contribution is -2.39. The smallest absolute Gasteiger partial charge is 0.280 e. The second-order valence-electron chi connectivity index (χ2n) is 9.48. The molecule has 10 nitrogen and oxygen atoms in total. The first-order valence-corrected chi connectivity index (χ1v) is 12.6. The summed E-state index contributed by atoms with van der Waals surface area (Å²) in [4.78, 5) is 25.0. The molecule has 4 N–H and O–H groups in total. The fourth-order valence-corrected chi connectivity index (χ4v) is 5.15. The van der Waals surface area contributed by atoms with Crippen LogP contribution in [0.25, 0.3) is 11.2 Å². The van der Waals surface area contributed by atoms with Crippen LogP contribution in [-0.4, -0.2) is 49.0 Å². The largest absolute Gasteiger partial charge is 0.497 e. The van der Waals surface area contributed by atoms with Gasteiger partial charge in [-0.3, -0.25) is 14.3 Å². The minimum atomic E-state index is -1.31. The summed E-state index contributed by atoms with van der Waals surface area (Å²) in [5.74, 6) is 0.887. The zero-order chi connectivity index (χ0) is 27.9. The normalized spacial score (nSPS) is 19.0. The van der Waals surface area contributed by atoms with Crippen LogP contribution in [0.4, 0.5) is 5.95 Å². The summed E-state index contributed by atoms with van der Waals surface area (Å²) in [5, 5.41) is 24.2. The van der Waals surface area contributed by atoms with E-state index in [2.05, 4.69) is 21.9 Å². The number of hydrogen-bond donors (Lipinski definition) is 4. The minimum absolute atomic E-state index is 0.0224. The molecule has 1 aliphatic heterocycles. The van der Waals surface area contributed by atoms with Crippen LogP contribution < -0.4 is 15.6 Å². The van der Waals surface area contributed by atoms with Gasteiger partial charge in [0, 0.05) is 0 Å². The van der Waals surface area contributed by atoms with E-state index < -0.39 is 29.5 Å². The number of imidazole rings is 1. The standard InChI is InChI=1S/C30H27N5O5/c1-18-24(36)25(37)28(40-18)35-17-31-23-26(35)32-29(33-27(23)38)34-30(19-9-5-3-6-10-19,20-11-7-4-8-12-20)21-13-15-22(39-2)16-14-21/h3-17,24-25,28,36-37H,1H2,2H3,(H2,32,33,34,38)/t24-,25+,28-/m1/s1. The third-order valence-electron chi connectivity index (χ3n) is 7.17. The van der Waals surface area contributed by atoms with Crippen LogP contribution in [0.5, 0.6) is 5.75 Å². The second kappa shape index (κ2) is 9.99. The molecule has 0 saturated carbocycles. The lowest BCUT2D eigenvalue weighted by molar-refractivity contribution is -0.0118. The van der Waals surface area contributed by atoms with Gasteiger partial charge in [-0.15, -0.1) is 0 Å². The SMILES string of the molecule is C=C1O[C@@H](n2cnc3c(=O)[nH]c(NC(c4ccccc4)(c4ccccc4)c4ccc(OC)cc4)nc32)[C@@H](O)[C@@H]1O. The molecule has 3 atom stereocenters. The first kappa shape index (κ1) is 25.4.